The van der Waals surface area contributed by atoms with Crippen molar-refractivity contribution in [1.82, 2.24) is 5.32 Å². The van der Waals surface area contributed by atoms with E-state index in [1.165, 1.54) is 0 Å². The summed E-state index contributed by atoms with van der Waals surface area (Å²) >= 11 is 0. The fourth-order valence-corrected chi connectivity index (χ4v) is 3.09. The summed E-state index contributed by atoms with van der Waals surface area (Å²) in [6.07, 6.45) is -0.227. The number of rotatable bonds is 4. The van der Waals surface area contributed by atoms with Crippen LogP contribution in [0, 0.1) is 0 Å². The Balaban J connectivity index is 0.00000243. The van der Waals surface area contributed by atoms with E-state index in [4.69, 9.17) is 9.47 Å². The second kappa shape index (κ2) is 7.72. The molecule has 7 heteroatoms. The Labute approximate surface area is 162 Å². The molecule has 0 spiro atoms. The SMILES string of the molecule is Br.CNCCC(=O)OC1CC2=C(OC1(C)C)c1ccccc1C(=O)C2=O. The van der Waals surface area contributed by atoms with Gasteiger partial charge < -0.3 is 14.8 Å². The van der Waals surface area contributed by atoms with Gasteiger partial charge in [-0.2, -0.15) is 0 Å². The number of carbonyl (C=O) groups is 3. The molecule has 1 aliphatic heterocycles. The van der Waals surface area contributed by atoms with Crippen molar-refractivity contribution < 1.29 is 23.9 Å². The zero-order valence-electron chi connectivity index (χ0n) is 15.0. The monoisotopic (exact) mass is 423 g/mol. The lowest BCUT2D eigenvalue weighted by Crippen LogP contribution is -2.47. The normalized spacial score (nSPS) is 20.5. The summed E-state index contributed by atoms with van der Waals surface area (Å²) in [5.41, 5.74) is 0.457. The maximum atomic E-state index is 12.5. The van der Waals surface area contributed by atoms with E-state index in [9.17, 15) is 14.4 Å². The molecule has 6 nitrogen and oxygen atoms in total. The first-order valence-corrected chi connectivity index (χ1v) is 8.30. The Morgan fingerprint density at radius 1 is 1.23 bits per heavy atom. The van der Waals surface area contributed by atoms with E-state index in [2.05, 4.69) is 5.32 Å². The van der Waals surface area contributed by atoms with Crippen molar-refractivity contribution in [3.05, 3.63) is 41.0 Å². The summed E-state index contributed by atoms with van der Waals surface area (Å²) in [6.45, 7) is 4.14. The van der Waals surface area contributed by atoms with E-state index in [0.717, 1.165) is 0 Å². The van der Waals surface area contributed by atoms with E-state index in [-0.39, 0.29) is 41.4 Å². The van der Waals surface area contributed by atoms with Gasteiger partial charge in [0.15, 0.2) is 0 Å². The highest BCUT2D eigenvalue weighted by molar-refractivity contribution is 8.93. The van der Waals surface area contributed by atoms with Crippen LogP contribution >= 0.6 is 17.0 Å². The smallest absolute Gasteiger partial charge is 0.307 e. The lowest BCUT2D eigenvalue weighted by Gasteiger charge is -2.41. The topological polar surface area (TPSA) is 81.7 Å². The molecular weight excluding hydrogens is 402 g/mol. The molecule has 0 radical (unpaired) electrons. The van der Waals surface area contributed by atoms with Crippen molar-refractivity contribution in [2.75, 3.05) is 13.6 Å². The Morgan fingerprint density at radius 3 is 2.54 bits per heavy atom. The number of fused-ring (bicyclic) bond motifs is 2. The number of ketones is 2. The highest BCUT2D eigenvalue weighted by Gasteiger charge is 2.46. The molecule has 1 unspecified atom stereocenters. The maximum Gasteiger partial charge on any atom is 0.307 e. The van der Waals surface area contributed by atoms with E-state index < -0.39 is 23.3 Å². The lowest BCUT2D eigenvalue weighted by molar-refractivity contribution is -0.163. The first-order valence-electron chi connectivity index (χ1n) is 8.30. The van der Waals surface area contributed by atoms with Crippen LogP contribution < -0.4 is 5.32 Å². The van der Waals surface area contributed by atoms with Crippen LogP contribution in [0.1, 0.15) is 42.6 Å². The highest BCUT2D eigenvalue weighted by atomic mass is 79.9. The van der Waals surface area contributed by atoms with E-state index in [1.807, 2.05) is 13.8 Å². The van der Waals surface area contributed by atoms with Crippen molar-refractivity contribution in [3.8, 4) is 0 Å². The molecular formula is C19H22BrNO5. The van der Waals surface area contributed by atoms with Crippen LogP contribution in [0.25, 0.3) is 5.76 Å². The molecule has 1 aromatic carbocycles. The number of ether oxygens (including phenoxy) is 2. The van der Waals surface area contributed by atoms with Crippen LogP contribution in [0.3, 0.4) is 0 Å². The quantitative estimate of drug-likeness (QED) is 0.591. The third-order valence-electron chi connectivity index (χ3n) is 4.55. The van der Waals surface area contributed by atoms with Gasteiger partial charge in [-0.05, 0) is 20.9 Å². The van der Waals surface area contributed by atoms with Crippen molar-refractivity contribution in [3.63, 3.8) is 0 Å². The lowest BCUT2D eigenvalue weighted by atomic mass is 9.81. The summed E-state index contributed by atoms with van der Waals surface area (Å²) in [6, 6.07) is 6.91. The van der Waals surface area contributed by atoms with Crippen molar-refractivity contribution >= 4 is 40.3 Å². The molecule has 0 amide bonds. The second-order valence-electron chi connectivity index (χ2n) is 6.75. The molecule has 26 heavy (non-hydrogen) atoms. The molecule has 1 aromatic rings. The third kappa shape index (κ3) is 3.59. The van der Waals surface area contributed by atoms with Crippen molar-refractivity contribution in [2.45, 2.75) is 38.4 Å². The van der Waals surface area contributed by atoms with Gasteiger partial charge in [-0.25, -0.2) is 0 Å². The number of Topliss-reactive ketones (excluding diaryl/α,β-unsaturated/α-hetero) is 2. The van der Waals surface area contributed by atoms with Gasteiger partial charge in [-0.1, -0.05) is 24.3 Å². The predicted molar refractivity (Wildman–Crippen MR) is 101 cm³/mol. The largest absolute Gasteiger partial charge is 0.483 e. The molecule has 0 saturated heterocycles. The number of halogens is 1. The van der Waals surface area contributed by atoms with Crippen LogP contribution in [-0.4, -0.2) is 42.8 Å². The molecule has 1 aliphatic carbocycles. The number of hydrogen-bond donors (Lipinski definition) is 1. The Kier molecular flexibility index (Phi) is 6.03. The summed E-state index contributed by atoms with van der Waals surface area (Å²) in [7, 11) is 1.75. The summed E-state index contributed by atoms with van der Waals surface area (Å²) in [5.74, 6) is -1.07. The van der Waals surface area contributed by atoms with Crippen molar-refractivity contribution in [1.29, 1.82) is 0 Å². The Hall–Kier alpha value is -1.99. The van der Waals surface area contributed by atoms with Crippen LogP contribution in [0.15, 0.2) is 29.8 Å². The van der Waals surface area contributed by atoms with Crippen LogP contribution in [0.5, 0.6) is 0 Å². The third-order valence-corrected chi connectivity index (χ3v) is 4.55. The minimum Gasteiger partial charge on any atom is -0.483 e. The first-order chi connectivity index (χ1) is 11.8. The average molecular weight is 424 g/mol. The Morgan fingerprint density at radius 2 is 1.88 bits per heavy atom. The summed E-state index contributed by atoms with van der Waals surface area (Å²) < 4.78 is 11.6. The zero-order chi connectivity index (χ0) is 18.2. The minimum absolute atomic E-state index is 0. The highest BCUT2D eigenvalue weighted by Crippen LogP contribution is 2.42. The second-order valence-corrected chi connectivity index (χ2v) is 6.75. The molecule has 2 aliphatic rings. The first kappa shape index (κ1) is 20.3. The number of carbonyl (C=O) groups excluding carboxylic acids is 3. The van der Waals surface area contributed by atoms with Gasteiger partial charge in [0.05, 0.1) is 12.0 Å². The van der Waals surface area contributed by atoms with Gasteiger partial charge in [0.25, 0.3) is 0 Å². The van der Waals surface area contributed by atoms with Gasteiger partial charge in [0.1, 0.15) is 17.5 Å². The summed E-state index contributed by atoms with van der Waals surface area (Å²) in [5, 5.41) is 2.89. The molecule has 1 atom stereocenters. The molecule has 1 heterocycles. The molecule has 1 N–H and O–H groups in total. The number of nitrogens with one attached hydrogen (secondary N) is 1. The average Bonchev–Trinajstić information content (AvgIpc) is 2.59. The van der Waals surface area contributed by atoms with Crippen LogP contribution in [0.4, 0.5) is 0 Å². The van der Waals surface area contributed by atoms with Gasteiger partial charge in [0.2, 0.25) is 11.6 Å². The standard InChI is InChI=1S/C19H21NO5.BrH/c1-19(2)14(24-15(21)8-9-20-3)10-13-17(23)16(22)11-6-4-5-7-12(11)18(13)25-19;/h4-7,14,20H,8-10H2,1-3H3;1H. The van der Waals surface area contributed by atoms with Gasteiger partial charge >= 0.3 is 5.97 Å². The molecule has 0 fully saturated rings. The summed E-state index contributed by atoms with van der Waals surface area (Å²) in [4.78, 5) is 36.8. The fraction of sp³-hybridized carbons (Fsp3) is 0.421. The predicted octanol–water partition coefficient (Wildman–Crippen LogP) is 2.46. The van der Waals surface area contributed by atoms with Crippen LogP contribution in [-0.2, 0) is 19.1 Å². The van der Waals surface area contributed by atoms with Gasteiger partial charge in [-0.15, -0.1) is 17.0 Å². The van der Waals surface area contributed by atoms with E-state index in [0.29, 0.717) is 23.4 Å². The van der Waals surface area contributed by atoms with Crippen LogP contribution in [0.2, 0.25) is 0 Å². The van der Waals surface area contributed by atoms with E-state index in [1.54, 1.807) is 31.3 Å². The Bertz CT molecular complexity index is 784. The van der Waals surface area contributed by atoms with Crippen molar-refractivity contribution in [2.24, 2.45) is 0 Å². The zero-order valence-corrected chi connectivity index (χ0v) is 16.7. The molecule has 140 valence electrons. The number of hydrogen-bond acceptors (Lipinski definition) is 6. The molecule has 3 rings (SSSR count). The molecule has 0 saturated carbocycles. The van der Waals surface area contributed by atoms with E-state index >= 15 is 0 Å². The van der Waals surface area contributed by atoms with Gasteiger partial charge in [0, 0.05) is 24.1 Å². The van der Waals surface area contributed by atoms with Gasteiger partial charge in [-0.3, -0.25) is 14.4 Å². The number of esters is 1. The number of benzene rings is 1. The fourth-order valence-electron chi connectivity index (χ4n) is 3.09. The maximum absolute atomic E-state index is 12.5. The minimum atomic E-state index is -0.804. The molecule has 0 bridgehead atoms. The molecule has 0 aromatic heterocycles.